The molecule has 2 bridgehead atoms. The van der Waals surface area contributed by atoms with E-state index in [-0.39, 0.29) is 30.0 Å². The van der Waals surface area contributed by atoms with E-state index in [4.69, 9.17) is 0 Å². The molecule has 4 rings (SSSR count). The normalized spacial score (nSPS) is 16.4. The van der Waals surface area contributed by atoms with Crippen molar-refractivity contribution in [2.24, 2.45) is 0 Å². The van der Waals surface area contributed by atoms with Crippen LogP contribution >= 0.6 is 0 Å². The molecule has 1 saturated heterocycles. The number of carbonyl (C=O) groups is 2. The third-order valence-electron chi connectivity index (χ3n) is 5.86. The predicted octanol–water partition coefficient (Wildman–Crippen LogP) is 2.71. The van der Waals surface area contributed by atoms with Crippen LogP contribution in [0, 0.1) is 11.6 Å². The molecule has 2 N–H and O–H groups in total. The largest absolute Gasteiger partial charge is 0.502 e. The van der Waals surface area contributed by atoms with E-state index in [1.165, 1.54) is 16.9 Å². The number of rotatable bonds is 3. The van der Waals surface area contributed by atoms with Gasteiger partial charge in [-0.3, -0.25) is 24.1 Å². The maximum absolute atomic E-state index is 13.8. The van der Waals surface area contributed by atoms with Gasteiger partial charge in [-0.1, -0.05) is 19.9 Å². The summed E-state index contributed by atoms with van der Waals surface area (Å²) in [5, 5.41) is 14.7. The summed E-state index contributed by atoms with van der Waals surface area (Å²) in [5.41, 5.74) is -1.97. The van der Waals surface area contributed by atoms with Crippen molar-refractivity contribution in [3.05, 3.63) is 63.1 Å². The first-order valence-electron chi connectivity index (χ1n) is 10.9. The highest BCUT2D eigenvalue weighted by Crippen LogP contribution is 2.31. The molecule has 3 heterocycles. The Bertz CT molecular complexity index is 1150. The van der Waals surface area contributed by atoms with Gasteiger partial charge in [0.1, 0.15) is 23.9 Å². The molecule has 2 aliphatic rings. The van der Waals surface area contributed by atoms with Crippen molar-refractivity contribution in [3.8, 4) is 5.75 Å². The van der Waals surface area contributed by atoms with Crippen molar-refractivity contribution in [1.82, 2.24) is 14.9 Å². The molecule has 2 amide bonds. The minimum Gasteiger partial charge on any atom is -0.502 e. The minimum atomic E-state index is -0.990. The quantitative estimate of drug-likeness (QED) is 0.732. The molecule has 0 radical (unpaired) electrons. The molecule has 2 aromatic rings. The molecule has 0 saturated carbocycles. The third kappa shape index (κ3) is 4.42. The Hall–Kier alpha value is -3.43. The van der Waals surface area contributed by atoms with Crippen LogP contribution in [0.25, 0.3) is 0 Å². The van der Waals surface area contributed by atoms with E-state index < -0.39 is 40.2 Å². The molecule has 0 atom stereocenters. The van der Waals surface area contributed by atoms with Crippen LogP contribution in [-0.2, 0) is 6.54 Å². The Morgan fingerprint density at radius 2 is 1.91 bits per heavy atom. The van der Waals surface area contributed by atoms with Crippen LogP contribution in [0.1, 0.15) is 66.9 Å². The number of aromatic nitrogens is 1. The first-order valence-corrected chi connectivity index (χ1v) is 10.9. The van der Waals surface area contributed by atoms with E-state index in [9.17, 15) is 28.3 Å². The van der Waals surface area contributed by atoms with Gasteiger partial charge in [-0.25, -0.2) is 8.78 Å². The van der Waals surface area contributed by atoms with Crippen molar-refractivity contribution in [2.75, 3.05) is 18.2 Å². The molecule has 1 aromatic carbocycles. The highest BCUT2D eigenvalue weighted by molar-refractivity contribution is 5.99. The molecule has 0 aliphatic carbocycles. The fraction of sp³-hybridized carbons (Fsp3) is 0.435. The topological polar surface area (TPSA) is 94.9 Å². The molecule has 2 aliphatic heterocycles. The molecule has 33 heavy (non-hydrogen) atoms. The first-order chi connectivity index (χ1) is 15.6. The fourth-order valence-corrected chi connectivity index (χ4v) is 4.01. The van der Waals surface area contributed by atoms with Gasteiger partial charge in [0, 0.05) is 36.5 Å². The van der Waals surface area contributed by atoms with Gasteiger partial charge in [-0.2, -0.15) is 0 Å². The Kier molecular flexibility index (Phi) is 6.76. The smallest absolute Gasteiger partial charge is 0.278 e. The van der Waals surface area contributed by atoms with E-state index >= 15 is 0 Å². The van der Waals surface area contributed by atoms with E-state index in [2.05, 4.69) is 5.32 Å². The second kappa shape index (κ2) is 9.21. The molecular weight excluding hydrogens is 434 g/mol. The lowest BCUT2D eigenvalue weighted by atomic mass is 9.96. The molecule has 0 unspecified atom stereocenters. The average molecular weight is 462 g/mol. The zero-order valence-electron chi connectivity index (χ0n) is 19.1. The number of fused-ring (bicyclic) bond motifs is 4. The summed E-state index contributed by atoms with van der Waals surface area (Å²) in [4.78, 5) is 40.0. The first kappa shape index (κ1) is 24.2. The summed E-state index contributed by atoms with van der Waals surface area (Å²) in [6, 6.07) is 2.94. The summed E-state index contributed by atoms with van der Waals surface area (Å²) in [7, 11) is 0. The Morgan fingerprint density at radius 3 is 2.58 bits per heavy atom. The Balaban J connectivity index is 0.00000149. The van der Waals surface area contributed by atoms with Crippen LogP contribution in [0.2, 0.25) is 0 Å². The number of amides is 2. The van der Waals surface area contributed by atoms with Crippen molar-refractivity contribution < 1.29 is 23.5 Å². The van der Waals surface area contributed by atoms with Crippen LogP contribution in [-0.4, -0.2) is 45.2 Å². The fourth-order valence-electron chi connectivity index (χ4n) is 4.01. The molecule has 178 valence electrons. The number of aromatic hydroxyl groups is 1. The summed E-state index contributed by atoms with van der Waals surface area (Å²) in [6.45, 7) is 8.39. The van der Waals surface area contributed by atoms with Crippen molar-refractivity contribution >= 4 is 11.8 Å². The van der Waals surface area contributed by atoms with Crippen molar-refractivity contribution in [2.45, 2.75) is 52.6 Å². The van der Waals surface area contributed by atoms with Crippen LogP contribution in [0.5, 0.6) is 5.75 Å². The van der Waals surface area contributed by atoms with Gasteiger partial charge >= 0.3 is 0 Å². The molecule has 1 aromatic heterocycles. The minimum absolute atomic E-state index is 0.0394. The number of pyridine rings is 1. The zero-order valence-corrected chi connectivity index (χ0v) is 19.1. The number of halogens is 2. The number of benzene rings is 1. The monoisotopic (exact) mass is 462 g/mol. The summed E-state index contributed by atoms with van der Waals surface area (Å²) >= 11 is 0. The molecule has 10 heteroatoms. The van der Waals surface area contributed by atoms with Crippen LogP contribution in [0.4, 0.5) is 8.78 Å². The van der Waals surface area contributed by atoms with Gasteiger partial charge in [-0.05, 0) is 32.8 Å². The van der Waals surface area contributed by atoms with Crippen LogP contribution < -0.4 is 15.8 Å². The van der Waals surface area contributed by atoms with Crippen molar-refractivity contribution in [1.29, 1.82) is 0 Å². The predicted molar refractivity (Wildman–Crippen MR) is 119 cm³/mol. The average Bonchev–Trinajstić information content (AvgIpc) is 2.91. The highest BCUT2D eigenvalue weighted by atomic mass is 19.1. The lowest BCUT2D eigenvalue weighted by Crippen LogP contribution is -2.58. The van der Waals surface area contributed by atoms with Crippen molar-refractivity contribution in [3.63, 3.8) is 0 Å². The number of carbonyl (C=O) groups excluding carboxylic acids is 2. The van der Waals surface area contributed by atoms with Gasteiger partial charge in [-0.15, -0.1) is 0 Å². The summed E-state index contributed by atoms with van der Waals surface area (Å²) in [6.07, 6.45) is 2.74. The van der Waals surface area contributed by atoms with E-state index in [0.717, 1.165) is 18.9 Å². The van der Waals surface area contributed by atoms with E-state index in [0.29, 0.717) is 12.6 Å². The van der Waals surface area contributed by atoms with Gasteiger partial charge in [0.15, 0.2) is 11.4 Å². The molecular formula is C23H28F2N4O4. The van der Waals surface area contributed by atoms with Gasteiger partial charge < -0.3 is 15.3 Å². The van der Waals surface area contributed by atoms with Gasteiger partial charge in [0.25, 0.3) is 11.8 Å². The number of nitrogens with zero attached hydrogens (tertiary/aromatic N) is 3. The SMILES string of the molecule is CC.CC1(C)CCCN2CN1C(=O)c1c(O)c(=O)c(C(=O)NCc3ccc(F)cc3F)cn12. The standard InChI is InChI=1S/C21H22F2N4O4.C2H6/c1-21(2)6-3-7-25-11-26(21)20(31)16-18(29)17(28)14(10-27(16)25)19(30)24-9-12-4-5-13(22)8-15(12)23;1-2/h4-5,8,10,29H,3,6-7,9,11H2,1-2H3,(H,24,30);1-2H3. The molecule has 0 spiro atoms. The molecule has 8 nitrogen and oxygen atoms in total. The number of hydrogen-bond donors (Lipinski definition) is 2. The zero-order chi connectivity index (χ0) is 24.5. The second-order valence-corrected chi connectivity index (χ2v) is 8.35. The van der Waals surface area contributed by atoms with E-state index in [1.54, 1.807) is 9.91 Å². The second-order valence-electron chi connectivity index (χ2n) is 8.35. The summed E-state index contributed by atoms with van der Waals surface area (Å²) < 4.78 is 28.2. The maximum Gasteiger partial charge on any atom is 0.278 e. The Morgan fingerprint density at radius 1 is 1.21 bits per heavy atom. The van der Waals surface area contributed by atoms with Crippen LogP contribution in [0.3, 0.4) is 0 Å². The van der Waals surface area contributed by atoms with Gasteiger partial charge in [0.2, 0.25) is 5.43 Å². The highest BCUT2D eigenvalue weighted by Gasteiger charge is 2.42. The maximum atomic E-state index is 13.8. The Labute approximate surface area is 190 Å². The third-order valence-corrected chi connectivity index (χ3v) is 5.86. The van der Waals surface area contributed by atoms with Crippen LogP contribution in [0.15, 0.2) is 29.2 Å². The molecule has 1 fully saturated rings. The summed E-state index contributed by atoms with van der Waals surface area (Å²) in [5.74, 6) is -3.71. The number of hydrogen-bond acceptors (Lipinski definition) is 5. The van der Waals surface area contributed by atoms with Gasteiger partial charge in [0.05, 0.1) is 0 Å². The van der Waals surface area contributed by atoms with E-state index in [1.807, 2.05) is 27.7 Å². The number of nitrogens with one attached hydrogen (secondary N) is 1. The lowest BCUT2D eigenvalue weighted by Gasteiger charge is -2.43. The lowest BCUT2D eigenvalue weighted by molar-refractivity contribution is 0.0480.